The molecule has 0 radical (unpaired) electrons. The second-order valence-corrected chi connectivity index (χ2v) is 7.91. The van der Waals surface area contributed by atoms with Crippen LogP contribution in [0.2, 0.25) is 0 Å². The number of benzene rings is 1. The molecule has 3 atom stereocenters. The molecule has 1 heterocycles. The third kappa shape index (κ3) is 4.96. The van der Waals surface area contributed by atoms with Gasteiger partial charge in [0.1, 0.15) is 5.75 Å². The van der Waals surface area contributed by atoms with E-state index >= 15 is 0 Å². The van der Waals surface area contributed by atoms with Crippen molar-refractivity contribution in [3.05, 3.63) is 29.8 Å². The van der Waals surface area contributed by atoms with E-state index in [2.05, 4.69) is 23.2 Å². The second-order valence-electron chi connectivity index (χ2n) is 7.91. The van der Waals surface area contributed by atoms with E-state index in [1.54, 1.807) is 7.11 Å². The fourth-order valence-corrected chi connectivity index (χ4v) is 4.56. The van der Waals surface area contributed by atoms with Crippen LogP contribution in [0.15, 0.2) is 24.3 Å². The van der Waals surface area contributed by atoms with Gasteiger partial charge in [0.25, 0.3) is 0 Å². The van der Waals surface area contributed by atoms with Crippen LogP contribution >= 0.6 is 0 Å². The van der Waals surface area contributed by atoms with Crippen molar-refractivity contribution < 1.29 is 9.84 Å². The van der Waals surface area contributed by atoms with Crippen LogP contribution in [0.1, 0.15) is 57.1 Å². The van der Waals surface area contributed by atoms with Crippen molar-refractivity contribution in [1.29, 1.82) is 0 Å². The Hall–Kier alpha value is -1.10. The van der Waals surface area contributed by atoms with Gasteiger partial charge in [0.05, 0.1) is 19.8 Å². The number of aliphatic hydroxyl groups excluding tert-OH is 1. The van der Waals surface area contributed by atoms with Crippen molar-refractivity contribution in [2.24, 2.45) is 5.92 Å². The Balaban J connectivity index is 1.51. The lowest BCUT2D eigenvalue weighted by Crippen LogP contribution is -2.48. The third-order valence-electron chi connectivity index (χ3n) is 6.07. The van der Waals surface area contributed by atoms with Crippen molar-refractivity contribution in [3.8, 4) is 5.75 Å². The first kappa shape index (κ1) is 18.7. The first-order valence-electron chi connectivity index (χ1n) is 9.94. The van der Waals surface area contributed by atoms with Gasteiger partial charge < -0.3 is 20.1 Å². The van der Waals surface area contributed by atoms with Gasteiger partial charge in [0.15, 0.2) is 0 Å². The molecular weight excluding hydrogens is 312 g/mol. The zero-order valence-electron chi connectivity index (χ0n) is 15.8. The molecule has 0 spiro atoms. The largest absolute Gasteiger partial charge is 0.497 e. The third-order valence-corrected chi connectivity index (χ3v) is 6.07. The Labute approximate surface area is 152 Å². The summed E-state index contributed by atoms with van der Waals surface area (Å²) in [6.07, 6.45) is 7.91. The van der Waals surface area contributed by atoms with Gasteiger partial charge in [0.2, 0.25) is 0 Å². The minimum absolute atomic E-state index is 0.0126. The summed E-state index contributed by atoms with van der Waals surface area (Å²) < 4.78 is 5.31. The van der Waals surface area contributed by atoms with Crippen molar-refractivity contribution in [1.82, 2.24) is 10.2 Å². The van der Waals surface area contributed by atoms with Gasteiger partial charge in [-0.25, -0.2) is 0 Å². The van der Waals surface area contributed by atoms with Crippen LogP contribution in [0.25, 0.3) is 0 Å². The van der Waals surface area contributed by atoms with Gasteiger partial charge in [-0.2, -0.15) is 0 Å². The number of piperidine rings is 1. The van der Waals surface area contributed by atoms with Gasteiger partial charge in [0, 0.05) is 12.1 Å². The first-order valence-corrected chi connectivity index (χ1v) is 9.94. The quantitative estimate of drug-likeness (QED) is 0.829. The molecule has 1 aliphatic heterocycles. The van der Waals surface area contributed by atoms with Gasteiger partial charge in [-0.05, 0) is 62.4 Å². The molecule has 2 fully saturated rings. The van der Waals surface area contributed by atoms with Gasteiger partial charge in [-0.3, -0.25) is 0 Å². The van der Waals surface area contributed by atoms with E-state index in [0.717, 1.165) is 23.3 Å². The maximum atomic E-state index is 9.84. The lowest BCUT2D eigenvalue weighted by molar-refractivity contribution is 0.0949. The molecule has 3 unspecified atom stereocenters. The topological polar surface area (TPSA) is 44.7 Å². The van der Waals surface area contributed by atoms with Gasteiger partial charge in [-0.1, -0.05) is 31.9 Å². The molecule has 0 bridgehead atoms. The Morgan fingerprint density at radius 1 is 1.24 bits per heavy atom. The van der Waals surface area contributed by atoms with E-state index in [-0.39, 0.29) is 12.6 Å². The summed E-state index contributed by atoms with van der Waals surface area (Å²) in [4.78, 5) is 2.72. The van der Waals surface area contributed by atoms with E-state index in [1.165, 1.54) is 51.6 Å². The molecule has 1 saturated heterocycles. The van der Waals surface area contributed by atoms with Gasteiger partial charge in [-0.15, -0.1) is 0 Å². The van der Waals surface area contributed by atoms with Crippen molar-refractivity contribution in [2.45, 2.75) is 63.6 Å². The van der Waals surface area contributed by atoms with Crippen LogP contribution < -0.4 is 10.1 Å². The summed E-state index contributed by atoms with van der Waals surface area (Å²) in [6.45, 7) is 4.89. The van der Waals surface area contributed by atoms with Crippen molar-refractivity contribution in [3.63, 3.8) is 0 Å². The van der Waals surface area contributed by atoms with E-state index in [9.17, 15) is 5.11 Å². The van der Waals surface area contributed by atoms with Crippen LogP contribution in [0.5, 0.6) is 5.75 Å². The summed E-state index contributed by atoms with van der Waals surface area (Å²) >= 11 is 0. The summed E-state index contributed by atoms with van der Waals surface area (Å²) in [5, 5.41) is 13.5. The van der Waals surface area contributed by atoms with E-state index in [0.29, 0.717) is 6.04 Å². The molecule has 1 saturated carbocycles. The number of likely N-dealkylation sites (tertiary alicyclic amines) is 1. The number of nitrogens with one attached hydrogen (secondary N) is 1. The van der Waals surface area contributed by atoms with Gasteiger partial charge >= 0.3 is 0 Å². The minimum Gasteiger partial charge on any atom is -0.497 e. The monoisotopic (exact) mass is 346 g/mol. The molecule has 1 aliphatic carbocycles. The number of ether oxygens (including phenoxy) is 1. The molecule has 140 valence electrons. The molecule has 0 amide bonds. The number of nitrogens with zero attached hydrogens (tertiary/aromatic N) is 1. The molecule has 2 N–H and O–H groups in total. The SMILES string of the molecule is COc1cccc(C(CO)NC2CCN(C3CCCC(C)C3)CC2)c1. The van der Waals surface area contributed by atoms with E-state index in [1.807, 2.05) is 18.2 Å². The van der Waals surface area contributed by atoms with Crippen molar-refractivity contribution in [2.75, 3.05) is 26.8 Å². The molecule has 3 rings (SSSR count). The highest BCUT2D eigenvalue weighted by Crippen LogP contribution is 2.29. The normalized spacial score (nSPS) is 27.2. The lowest BCUT2D eigenvalue weighted by atomic mass is 9.85. The lowest BCUT2D eigenvalue weighted by Gasteiger charge is -2.41. The van der Waals surface area contributed by atoms with E-state index in [4.69, 9.17) is 4.74 Å². The molecule has 2 aliphatic rings. The summed E-state index contributed by atoms with van der Waals surface area (Å²) in [5.74, 6) is 1.74. The summed E-state index contributed by atoms with van der Waals surface area (Å²) in [5.41, 5.74) is 1.10. The maximum absolute atomic E-state index is 9.84. The average molecular weight is 347 g/mol. The average Bonchev–Trinajstić information content (AvgIpc) is 2.66. The molecule has 4 nitrogen and oxygen atoms in total. The van der Waals surface area contributed by atoms with E-state index < -0.39 is 0 Å². The molecule has 0 aromatic heterocycles. The number of aliphatic hydroxyl groups is 1. The van der Waals surface area contributed by atoms with Crippen LogP contribution in [0.4, 0.5) is 0 Å². The fraction of sp³-hybridized carbons (Fsp3) is 0.714. The zero-order chi connectivity index (χ0) is 17.6. The highest BCUT2D eigenvalue weighted by molar-refractivity contribution is 5.30. The second kappa shape index (κ2) is 9.02. The van der Waals surface area contributed by atoms with Crippen LogP contribution in [-0.4, -0.2) is 48.9 Å². The molecular formula is C21H34N2O2. The molecule has 4 heteroatoms. The van der Waals surface area contributed by atoms with Crippen LogP contribution in [0.3, 0.4) is 0 Å². The predicted molar refractivity (Wildman–Crippen MR) is 102 cm³/mol. The summed E-state index contributed by atoms with van der Waals surface area (Å²) in [7, 11) is 1.68. The van der Waals surface area contributed by atoms with Crippen molar-refractivity contribution >= 4 is 0 Å². The highest BCUT2D eigenvalue weighted by Gasteiger charge is 2.29. The number of hydrogen-bond acceptors (Lipinski definition) is 4. The zero-order valence-corrected chi connectivity index (χ0v) is 15.8. The smallest absolute Gasteiger partial charge is 0.119 e. The highest BCUT2D eigenvalue weighted by atomic mass is 16.5. The number of hydrogen-bond donors (Lipinski definition) is 2. The standard InChI is InChI=1S/C21H34N2O2/c1-16-5-3-7-19(13-16)23-11-9-18(10-12-23)22-21(15-24)17-6-4-8-20(14-17)25-2/h4,6,8,14,16,18-19,21-22,24H,3,5,7,9-13,15H2,1-2H3. The van der Waals surface area contributed by atoms with Crippen LogP contribution in [0, 0.1) is 5.92 Å². The minimum atomic E-state index is -0.0126. The Morgan fingerprint density at radius 2 is 2.04 bits per heavy atom. The Kier molecular flexibility index (Phi) is 6.74. The predicted octanol–water partition coefficient (Wildman–Crippen LogP) is 3.36. The number of methoxy groups -OCH3 is 1. The Morgan fingerprint density at radius 3 is 2.72 bits per heavy atom. The Bertz CT molecular complexity index is 528. The molecule has 1 aromatic rings. The maximum Gasteiger partial charge on any atom is 0.119 e. The first-order chi connectivity index (χ1) is 12.2. The molecule has 1 aromatic carbocycles. The molecule has 25 heavy (non-hydrogen) atoms. The van der Waals surface area contributed by atoms with Crippen LogP contribution in [-0.2, 0) is 0 Å². The number of rotatable bonds is 6. The summed E-state index contributed by atoms with van der Waals surface area (Å²) in [6, 6.07) is 9.30. The fourth-order valence-electron chi connectivity index (χ4n) is 4.56.